The first kappa shape index (κ1) is 12.8. The average Bonchev–Trinajstić information content (AvgIpc) is 3.24. The number of para-hydroxylation sites is 1. The minimum Gasteiger partial charge on any atom is -0.331 e. The third kappa shape index (κ3) is 2.16. The van der Waals surface area contributed by atoms with Crippen LogP contribution < -0.4 is 0 Å². The summed E-state index contributed by atoms with van der Waals surface area (Å²) in [6, 6.07) is 9.94. The standard InChI is InChI=1S/C15H14N6O/c22-15(11-20-16-6-7-17-20)19-9-12-8-18-21(14(12)10-19)13-4-2-1-3-5-13/h1-8H,9-11H2. The molecule has 110 valence electrons. The molecule has 4 rings (SSSR count). The maximum Gasteiger partial charge on any atom is 0.246 e. The second-order valence-corrected chi connectivity index (χ2v) is 5.17. The first-order valence-corrected chi connectivity index (χ1v) is 7.04. The normalized spacial score (nSPS) is 13.4. The van der Waals surface area contributed by atoms with Gasteiger partial charge >= 0.3 is 0 Å². The molecule has 1 aromatic carbocycles. The Morgan fingerprint density at radius 3 is 2.59 bits per heavy atom. The highest BCUT2D eigenvalue weighted by Crippen LogP contribution is 2.25. The third-order valence-corrected chi connectivity index (χ3v) is 3.75. The van der Waals surface area contributed by atoms with E-state index in [9.17, 15) is 4.79 Å². The number of aromatic nitrogens is 5. The number of carbonyl (C=O) groups is 1. The third-order valence-electron chi connectivity index (χ3n) is 3.75. The van der Waals surface area contributed by atoms with E-state index in [0.717, 1.165) is 16.9 Å². The van der Waals surface area contributed by atoms with Crippen molar-refractivity contribution >= 4 is 5.91 Å². The number of nitrogens with zero attached hydrogens (tertiary/aromatic N) is 6. The van der Waals surface area contributed by atoms with Gasteiger partial charge in [-0.2, -0.15) is 20.1 Å². The second kappa shape index (κ2) is 5.10. The maximum atomic E-state index is 12.3. The van der Waals surface area contributed by atoms with Crippen molar-refractivity contribution in [1.82, 2.24) is 29.7 Å². The Kier molecular flexibility index (Phi) is 2.96. The number of hydrogen-bond donors (Lipinski definition) is 0. The van der Waals surface area contributed by atoms with Gasteiger partial charge in [-0.1, -0.05) is 18.2 Å². The van der Waals surface area contributed by atoms with Gasteiger partial charge < -0.3 is 4.90 Å². The van der Waals surface area contributed by atoms with Crippen molar-refractivity contribution in [3.05, 3.63) is 60.2 Å². The average molecular weight is 294 g/mol. The molecular formula is C15H14N6O. The molecular weight excluding hydrogens is 280 g/mol. The lowest BCUT2D eigenvalue weighted by atomic mass is 10.3. The lowest BCUT2D eigenvalue weighted by Crippen LogP contribution is -2.30. The van der Waals surface area contributed by atoms with Crippen LogP contribution in [0.4, 0.5) is 0 Å². The highest BCUT2D eigenvalue weighted by Gasteiger charge is 2.27. The molecule has 0 atom stereocenters. The van der Waals surface area contributed by atoms with Gasteiger partial charge in [0.25, 0.3) is 0 Å². The maximum absolute atomic E-state index is 12.3. The summed E-state index contributed by atoms with van der Waals surface area (Å²) >= 11 is 0. The SMILES string of the molecule is O=C(Cn1nccn1)N1Cc2cnn(-c3ccccc3)c2C1. The fourth-order valence-corrected chi connectivity index (χ4v) is 2.66. The lowest BCUT2D eigenvalue weighted by molar-refractivity contribution is -0.132. The van der Waals surface area contributed by atoms with E-state index in [1.165, 1.54) is 4.80 Å². The van der Waals surface area contributed by atoms with Crippen LogP contribution in [0.25, 0.3) is 5.69 Å². The Morgan fingerprint density at radius 1 is 1.05 bits per heavy atom. The molecule has 0 saturated heterocycles. The van der Waals surface area contributed by atoms with Crippen LogP contribution in [-0.4, -0.2) is 35.6 Å². The molecule has 2 aromatic heterocycles. The summed E-state index contributed by atoms with van der Waals surface area (Å²) in [5.74, 6) is 0.00649. The predicted molar refractivity (Wildman–Crippen MR) is 77.8 cm³/mol. The molecule has 0 aliphatic carbocycles. The lowest BCUT2D eigenvalue weighted by Gasteiger charge is -2.15. The molecule has 1 aliphatic rings. The van der Waals surface area contributed by atoms with Gasteiger partial charge in [0, 0.05) is 12.1 Å². The van der Waals surface area contributed by atoms with Crippen LogP contribution in [0.5, 0.6) is 0 Å². The van der Waals surface area contributed by atoms with E-state index in [1.807, 2.05) is 41.2 Å². The number of carbonyl (C=O) groups excluding carboxylic acids is 1. The summed E-state index contributed by atoms with van der Waals surface area (Å²) in [4.78, 5) is 15.5. The Labute approximate surface area is 126 Å². The van der Waals surface area contributed by atoms with Gasteiger partial charge in [-0.3, -0.25) is 4.79 Å². The molecule has 0 fully saturated rings. The summed E-state index contributed by atoms with van der Waals surface area (Å²) in [6.07, 6.45) is 4.97. The van der Waals surface area contributed by atoms with Gasteiger partial charge in [0.2, 0.25) is 5.91 Å². The molecule has 0 unspecified atom stereocenters. The number of amides is 1. The van der Waals surface area contributed by atoms with Gasteiger partial charge in [0.05, 0.1) is 36.5 Å². The van der Waals surface area contributed by atoms with Gasteiger partial charge in [0.15, 0.2) is 0 Å². The summed E-state index contributed by atoms with van der Waals surface area (Å²) in [5.41, 5.74) is 3.16. The van der Waals surface area contributed by atoms with E-state index in [2.05, 4.69) is 15.3 Å². The van der Waals surface area contributed by atoms with Crippen molar-refractivity contribution < 1.29 is 4.79 Å². The van der Waals surface area contributed by atoms with E-state index >= 15 is 0 Å². The van der Waals surface area contributed by atoms with E-state index in [0.29, 0.717) is 13.1 Å². The molecule has 1 amide bonds. The molecule has 7 heteroatoms. The smallest absolute Gasteiger partial charge is 0.246 e. The van der Waals surface area contributed by atoms with E-state index in [-0.39, 0.29) is 12.5 Å². The Balaban J connectivity index is 1.54. The molecule has 0 saturated carbocycles. The molecule has 0 bridgehead atoms. The molecule has 22 heavy (non-hydrogen) atoms. The van der Waals surface area contributed by atoms with Crippen LogP contribution in [0.2, 0.25) is 0 Å². The number of hydrogen-bond acceptors (Lipinski definition) is 4. The largest absolute Gasteiger partial charge is 0.331 e. The van der Waals surface area contributed by atoms with Crippen LogP contribution in [0.1, 0.15) is 11.3 Å². The first-order valence-electron chi connectivity index (χ1n) is 7.04. The Hall–Kier alpha value is -2.96. The fraction of sp³-hybridized carbons (Fsp3) is 0.200. The molecule has 3 aromatic rings. The minimum atomic E-state index is 0.00649. The van der Waals surface area contributed by atoms with Gasteiger partial charge in [-0.05, 0) is 12.1 Å². The van der Waals surface area contributed by atoms with Crippen molar-refractivity contribution in [2.75, 3.05) is 0 Å². The van der Waals surface area contributed by atoms with Crippen molar-refractivity contribution in [2.45, 2.75) is 19.6 Å². The first-order chi connectivity index (χ1) is 10.8. The summed E-state index contributed by atoms with van der Waals surface area (Å²) in [6.45, 7) is 1.31. The zero-order valence-electron chi connectivity index (χ0n) is 11.8. The number of fused-ring (bicyclic) bond motifs is 1. The van der Waals surface area contributed by atoms with E-state index in [1.54, 1.807) is 17.3 Å². The predicted octanol–water partition coefficient (Wildman–Crippen LogP) is 1.01. The van der Waals surface area contributed by atoms with E-state index in [4.69, 9.17) is 0 Å². The van der Waals surface area contributed by atoms with Gasteiger partial charge in [-0.15, -0.1) is 0 Å². The zero-order chi connectivity index (χ0) is 14.9. The van der Waals surface area contributed by atoms with Crippen molar-refractivity contribution in [2.24, 2.45) is 0 Å². The zero-order valence-corrected chi connectivity index (χ0v) is 11.8. The van der Waals surface area contributed by atoms with Gasteiger partial charge in [-0.25, -0.2) is 4.68 Å². The number of rotatable bonds is 3. The molecule has 7 nitrogen and oxygen atoms in total. The van der Waals surface area contributed by atoms with Gasteiger partial charge in [0.1, 0.15) is 6.54 Å². The highest BCUT2D eigenvalue weighted by atomic mass is 16.2. The van der Waals surface area contributed by atoms with Crippen molar-refractivity contribution in [1.29, 1.82) is 0 Å². The van der Waals surface area contributed by atoms with Crippen LogP contribution in [-0.2, 0) is 24.4 Å². The Bertz CT molecular complexity index is 793. The molecule has 0 radical (unpaired) electrons. The van der Waals surface area contributed by atoms with Crippen LogP contribution >= 0.6 is 0 Å². The van der Waals surface area contributed by atoms with Crippen LogP contribution in [0.15, 0.2) is 48.9 Å². The minimum absolute atomic E-state index is 0.00649. The second-order valence-electron chi connectivity index (χ2n) is 5.17. The van der Waals surface area contributed by atoms with Crippen LogP contribution in [0.3, 0.4) is 0 Å². The molecule has 0 spiro atoms. The number of benzene rings is 1. The summed E-state index contributed by atoms with van der Waals surface area (Å²) < 4.78 is 1.90. The van der Waals surface area contributed by atoms with Crippen molar-refractivity contribution in [3.8, 4) is 5.69 Å². The quantitative estimate of drug-likeness (QED) is 0.723. The monoisotopic (exact) mass is 294 g/mol. The molecule has 0 N–H and O–H groups in total. The summed E-state index contributed by atoms with van der Waals surface area (Å²) in [7, 11) is 0. The topological polar surface area (TPSA) is 68.8 Å². The highest BCUT2D eigenvalue weighted by molar-refractivity contribution is 5.76. The Morgan fingerprint density at radius 2 is 1.82 bits per heavy atom. The van der Waals surface area contributed by atoms with Crippen molar-refractivity contribution in [3.63, 3.8) is 0 Å². The molecule has 1 aliphatic heterocycles. The molecule has 3 heterocycles. The van der Waals surface area contributed by atoms with E-state index < -0.39 is 0 Å². The van der Waals surface area contributed by atoms with Crippen LogP contribution in [0, 0.1) is 0 Å². The fourth-order valence-electron chi connectivity index (χ4n) is 2.66. The summed E-state index contributed by atoms with van der Waals surface area (Å²) in [5, 5.41) is 12.4.